The minimum absolute atomic E-state index is 0.0457. The van der Waals surface area contributed by atoms with E-state index < -0.39 is 0 Å². The lowest BCUT2D eigenvalue weighted by Crippen LogP contribution is -2.45. The van der Waals surface area contributed by atoms with E-state index in [0.29, 0.717) is 10.0 Å². The summed E-state index contributed by atoms with van der Waals surface area (Å²) >= 11 is 12.2. The molecule has 0 saturated carbocycles. The van der Waals surface area contributed by atoms with Crippen LogP contribution in [0.4, 0.5) is 0 Å². The predicted octanol–water partition coefficient (Wildman–Crippen LogP) is 3.22. The zero-order valence-corrected chi connectivity index (χ0v) is 12.2. The molecule has 2 N–H and O–H groups in total. The van der Waals surface area contributed by atoms with Gasteiger partial charge in [0.15, 0.2) is 0 Å². The van der Waals surface area contributed by atoms with E-state index in [-0.39, 0.29) is 11.8 Å². The second-order valence-corrected chi connectivity index (χ2v) is 5.49. The summed E-state index contributed by atoms with van der Waals surface area (Å²) in [5, 5.41) is 14.4. The maximum absolute atomic E-state index is 10.2. The van der Waals surface area contributed by atoms with Crippen LogP contribution in [0.5, 0.6) is 5.75 Å². The van der Waals surface area contributed by atoms with Crippen molar-refractivity contribution in [1.82, 2.24) is 10.2 Å². The number of halogens is 2. The SMILES string of the molecule is C=CC[C@@H](c1c(O)cc(Cl)cc1Cl)N1CCNCC1. The van der Waals surface area contributed by atoms with E-state index in [9.17, 15) is 5.11 Å². The van der Waals surface area contributed by atoms with Gasteiger partial charge in [-0.1, -0.05) is 29.3 Å². The Bertz CT molecular complexity index is 436. The normalized spacial score (nSPS) is 18.2. The molecule has 1 aliphatic heterocycles. The lowest BCUT2D eigenvalue weighted by atomic mass is 10.00. The summed E-state index contributed by atoms with van der Waals surface area (Å²) in [4.78, 5) is 2.31. The minimum atomic E-state index is 0.0457. The van der Waals surface area contributed by atoms with Gasteiger partial charge in [0.25, 0.3) is 0 Å². The van der Waals surface area contributed by atoms with Crippen LogP contribution in [0.1, 0.15) is 18.0 Å². The minimum Gasteiger partial charge on any atom is -0.508 e. The number of phenolic OH excluding ortho intramolecular Hbond substituents is 1. The smallest absolute Gasteiger partial charge is 0.123 e. The zero-order valence-electron chi connectivity index (χ0n) is 10.7. The van der Waals surface area contributed by atoms with Gasteiger partial charge in [0, 0.05) is 42.8 Å². The zero-order chi connectivity index (χ0) is 13.8. The average Bonchev–Trinajstić information content (AvgIpc) is 2.37. The molecule has 0 radical (unpaired) electrons. The van der Waals surface area contributed by atoms with Crippen LogP contribution in [0.15, 0.2) is 24.8 Å². The number of hydrogen-bond acceptors (Lipinski definition) is 3. The summed E-state index contributed by atoms with van der Waals surface area (Å²) in [7, 11) is 0. The van der Waals surface area contributed by atoms with Gasteiger partial charge in [-0.25, -0.2) is 0 Å². The van der Waals surface area contributed by atoms with E-state index in [1.807, 2.05) is 6.08 Å². The van der Waals surface area contributed by atoms with Crippen molar-refractivity contribution in [2.24, 2.45) is 0 Å². The quantitative estimate of drug-likeness (QED) is 0.838. The second kappa shape index (κ2) is 6.62. The van der Waals surface area contributed by atoms with E-state index >= 15 is 0 Å². The Labute approximate surface area is 123 Å². The van der Waals surface area contributed by atoms with Crippen molar-refractivity contribution in [2.45, 2.75) is 12.5 Å². The van der Waals surface area contributed by atoms with Crippen LogP contribution in [0.3, 0.4) is 0 Å². The van der Waals surface area contributed by atoms with Crippen molar-refractivity contribution in [3.05, 3.63) is 40.4 Å². The first kappa shape index (κ1) is 14.7. The molecule has 0 spiro atoms. The molecule has 2 rings (SSSR count). The number of aromatic hydroxyl groups is 1. The summed E-state index contributed by atoms with van der Waals surface area (Å²) in [6, 6.07) is 3.27. The van der Waals surface area contributed by atoms with Gasteiger partial charge in [0.1, 0.15) is 5.75 Å². The molecule has 0 unspecified atom stereocenters. The third kappa shape index (κ3) is 3.42. The fourth-order valence-corrected chi connectivity index (χ4v) is 3.11. The highest BCUT2D eigenvalue weighted by atomic mass is 35.5. The van der Waals surface area contributed by atoms with Gasteiger partial charge < -0.3 is 10.4 Å². The Morgan fingerprint density at radius 1 is 1.37 bits per heavy atom. The maximum Gasteiger partial charge on any atom is 0.123 e. The second-order valence-electron chi connectivity index (χ2n) is 4.65. The molecule has 0 amide bonds. The van der Waals surface area contributed by atoms with Crippen LogP contribution in [-0.4, -0.2) is 36.2 Å². The van der Waals surface area contributed by atoms with Gasteiger partial charge in [-0.05, 0) is 18.6 Å². The lowest BCUT2D eigenvalue weighted by Gasteiger charge is -2.35. The number of benzene rings is 1. The topological polar surface area (TPSA) is 35.5 Å². The molecule has 1 aromatic rings. The third-order valence-electron chi connectivity index (χ3n) is 3.39. The molecule has 1 aliphatic rings. The molecular formula is C14H18Cl2N2O. The van der Waals surface area contributed by atoms with Gasteiger partial charge >= 0.3 is 0 Å². The van der Waals surface area contributed by atoms with E-state index in [4.69, 9.17) is 23.2 Å². The summed E-state index contributed by atoms with van der Waals surface area (Å²) in [6.45, 7) is 7.55. The monoisotopic (exact) mass is 300 g/mol. The lowest BCUT2D eigenvalue weighted by molar-refractivity contribution is 0.172. The number of rotatable bonds is 4. The Hall–Kier alpha value is -0.740. The summed E-state index contributed by atoms with van der Waals surface area (Å²) in [5.41, 5.74) is 0.743. The number of nitrogens with one attached hydrogen (secondary N) is 1. The maximum atomic E-state index is 10.2. The first-order chi connectivity index (χ1) is 9.13. The number of nitrogens with zero attached hydrogens (tertiary/aromatic N) is 1. The first-order valence-electron chi connectivity index (χ1n) is 6.37. The van der Waals surface area contributed by atoms with Crippen molar-refractivity contribution in [3.8, 4) is 5.75 Å². The van der Waals surface area contributed by atoms with Crippen molar-refractivity contribution >= 4 is 23.2 Å². The molecule has 1 saturated heterocycles. The van der Waals surface area contributed by atoms with Crippen molar-refractivity contribution in [3.63, 3.8) is 0 Å². The molecule has 1 aromatic carbocycles. The van der Waals surface area contributed by atoms with E-state index in [1.165, 1.54) is 0 Å². The highest BCUT2D eigenvalue weighted by molar-refractivity contribution is 6.35. The Morgan fingerprint density at radius 2 is 2.05 bits per heavy atom. The van der Waals surface area contributed by atoms with Crippen molar-refractivity contribution in [1.29, 1.82) is 0 Å². The van der Waals surface area contributed by atoms with Crippen LogP contribution in [-0.2, 0) is 0 Å². The highest BCUT2D eigenvalue weighted by Crippen LogP contribution is 2.39. The first-order valence-corrected chi connectivity index (χ1v) is 7.12. The molecule has 1 atom stereocenters. The molecule has 1 fully saturated rings. The van der Waals surface area contributed by atoms with Crippen molar-refractivity contribution in [2.75, 3.05) is 26.2 Å². The average molecular weight is 301 g/mol. The van der Waals surface area contributed by atoms with Gasteiger partial charge in [-0.3, -0.25) is 4.90 Å². The van der Waals surface area contributed by atoms with Gasteiger partial charge in [0.2, 0.25) is 0 Å². The molecular weight excluding hydrogens is 283 g/mol. The molecule has 1 heterocycles. The molecule has 5 heteroatoms. The third-order valence-corrected chi connectivity index (χ3v) is 3.92. The van der Waals surface area contributed by atoms with E-state index in [2.05, 4.69) is 16.8 Å². The molecule has 19 heavy (non-hydrogen) atoms. The van der Waals surface area contributed by atoms with E-state index in [0.717, 1.165) is 38.2 Å². The summed E-state index contributed by atoms with van der Waals surface area (Å²) in [5.74, 6) is 0.155. The van der Waals surface area contributed by atoms with Crippen LogP contribution in [0, 0.1) is 0 Å². The Kier molecular flexibility index (Phi) is 5.11. The van der Waals surface area contributed by atoms with Crippen LogP contribution >= 0.6 is 23.2 Å². The predicted molar refractivity (Wildman–Crippen MR) is 80.1 cm³/mol. The van der Waals surface area contributed by atoms with Gasteiger partial charge in [0.05, 0.1) is 5.02 Å². The molecule has 0 aliphatic carbocycles. The number of hydrogen-bond donors (Lipinski definition) is 2. The number of piperazine rings is 1. The molecule has 0 bridgehead atoms. The van der Waals surface area contributed by atoms with Crippen LogP contribution < -0.4 is 5.32 Å². The molecule has 3 nitrogen and oxygen atoms in total. The number of phenols is 1. The van der Waals surface area contributed by atoms with Gasteiger partial charge in [-0.2, -0.15) is 0 Å². The van der Waals surface area contributed by atoms with Gasteiger partial charge in [-0.15, -0.1) is 6.58 Å². The standard InChI is InChI=1S/C14H18Cl2N2O/c1-2-3-12(18-6-4-17-5-7-18)14-11(16)8-10(15)9-13(14)19/h2,8-9,12,17,19H,1,3-7H2/t12-/m0/s1. The molecule has 0 aromatic heterocycles. The fourth-order valence-electron chi connectivity index (χ4n) is 2.50. The Morgan fingerprint density at radius 3 is 2.63 bits per heavy atom. The van der Waals surface area contributed by atoms with Crippen LogP contribution in [0.2, 0.25) is 10.0 Å². The largest absolute Gasteiger partial charge is 0.508 e. The molecule has 104 valence electrons. The van der Waals surface area contributed by atoms with Crippen molar-refractivity contribution < 1.29 is 5.11 Å². The summed E-state index contributed by atoms with van der Waals surface area (Å²) < 4.78 is 0. The Balaban J connectivity index is 2.35. The fraction of sp³-hybridized carbons (Fsp3) is 0.429. The summed E-state index contributed by atoms with van der Waals surface area (Å²) in [6.07, 6.45) is 2.60. The highest BCUT2D eigenvalue weighted by Gasteiger charge is 2.25. The van der Waals surface area contributed by atoms with E-state index in [1.54, 1.807) is 12.1 Å². The van der Waals surface area contributed by atoms with Crippen LogP contribution in [0.25, 0.3) is 0 Å².